The molecule has 2 atom stereocenters. The quantitative estimate of drug-likeness (QED) is 0.332. The lowest BCUT2D eigenvalue weighted by atomic mass is 9.85. The summed E-state index contributed by atoms with van der Waals surface area (Å²) >= 11 is 0. The summed E-state index contributed by atoms with van der Waals surface area (Å²) in [6.07, 6.45) is 1.92. The number of methoxy groups -OCH3 is 1. The lowest BCUT2D eigenvalue weighted by molar-refractivity contribution is -0.138. The van der Waals surface area contributed by atoms with E-state index in [4.69, 9.17) is 4.74 Å². The number of H-pyrrole nitrogens is 1. The van der Waals surface area contributed by atoms with Crippen LogP contribution in [0.4, 0.5) is 27.6 Å². The maximum Gasteiger partial charge on any atom is 0.423 e. The summed E-state index contributed by atoms with van der Waals surface area (Å²) in [6, 6.07) is 1.69. The second-order valence-electron chi connectivity index (χ2n) is 9.62. The van der Waals surface area contributed by atoms with Crippen molar-refractivity contribution >= 4 is 16.5 Å². The maximum absolute atomic E-state index is 15.2. The molecule has 3 aromatic heterocycles. The lowest BCUT2D eigenvalue weighted by Gasteiger charge is -2.31. The van der Waals surface area contributed by atoms with Crippen LogP contribution in [0.3, 0.4) is 0 Å². The van der Waals surface area contributed by atoms with E-state index >= 15 is 4.39 Å². The highest BCUT2D eigenvalue weighted by molar-refractivity contribution is 5.86. The van der Waals surface area contributed by atoms with E-state index in [1.807, 2.05) is 0 Å². The van der Waals surface area contributed by atoms with Crippen LogP contribution >= 0.6 is 0 Å². The Hall–Kier alpha value is -4.36. The number of pyridine rings is 1. The third-order valence-corrected chi connectivity index (χ3v) is 6.97. The molecular formula is C26H23F5N6O3. The number of rotatable bonds is 6. The van der Waals surface area contributed by atoms with Crippen LogP contribution in [-0.2, 0) is 12.7 Å². The molecule has 1 saturated carbocycles. The van der Waals surface area contributed by atoms with Gasteiger partial charge in [0.25, 0.3) is 11.1 Å². The Morgan fingerprint density at radius 2 is 1.82 bits per heavy atom. The number of ether oxygens (including phenoxy) is 1. The molecule has 1 aliphatic carbocycles. The second-order valence-corrected chi connectivity index (χ2v) is 9.62. The van der Waals surface area contributed by atoms with Gasteiger partial charge in [0, 0.05) is 24.2 Å². The SMILES string of the molecule is COc1cnc(-c2cc3c(F)cn(C[C@@H]4CCC[C@H](Nc5cn[nH]c(=O)c5C(F)(F)F)C4)c(=O)c3cc2F)nc1. The molecule has 9 nitrogen and oxygen atoms in total. The summed E-state index contributed by atoms with van der Waals surface area (Å²) < 4.78 is 76.6. The molecule has 0 unspecified atom stereocenters. The minimum Gasteiger partial charge on any atom is -0.494 e. The van der Waals surface area contributed by atoms with E-state index in [1.165, 1.54) is 25.6 Å². The Balaban J connectivity index is 1.39. The molecule has 0 saturated heterocycles. The molecule has 14 heteroatoms. The predicted octanol–water partition coefficient (Wildman–Crippen LogP) is 4.52. The van der Waals surface area contributed by atoms with Gasteiger partial charge < -0.3 is 14.6 Å². The first-order chi connectivity index (χ1) is 19.0. The van der Waals surface area contributed by atoms with Gasteiger partial charge in [-0.15, -0.1) is 0 Å². The molecule has 40 heavy (non-hydrogen) atoms. The van der Waals surface area contributed by atoms with Crippen LogP contribution < -0.4 is 21.2 Å². The van der Waals surface area contributed by atoms with Crippen molar-refractivity contribution in [2.75, 3.05) is 12.4 Å². The summed E-state index contributed by atoms with van der Waals surface area (Å²) in [5, 5.41) is 7.78. The molecule has 1 aromatic carbocycles. The number of halogens is 5. The average molecular weight is 562 g/mol. The summed E-state index contributed by atoms with van der Waals surface area (Å²) in [5.41, 5.74) is -3.83. The molecule has 5 rings (SSSR count). The van der Waals surface area contributed by atoms with E-state index in [2.05, 4.69) is 20.4 Å². The lowest BCUT2D eigenvalue weighted by Crippen LogP contribution is -2.34. The Labute approximate surface area is 223 Å². The van der Waals surface area contributed by atoms with Crippen LogP contribution in [0.25, 0.3) is 22.2 Å². The number of aromatic nitrogens is 5. The fourth-order valence-corrected chi connectivity index (χ4v) is 5.11. The molecule has 2 N–H and O–H groups in total. The van der Waals surface area contributed by atoms with Crippen molar-refractivity contribution in [2.24, 2.45) is 5.92 Å². The molecule has 0 aliphatic heterocycles. The molecule has 1 aliphatic rings. The molecule has 4 aromatic rings. The van der Waals surface area contributed by atoms with Crippen LogP contribution in [0.1, 0.15) is 31.2 Å². The van der Waals surface area contributed by atoms with Crippen LogP contribution in [0.2, 0.25) is 0 Å². The third kappa shape index (κ3) is 5.38. The van der Waals surface area contributed by atoms with Crippen LogP contribution in [0.5, 0.6) is 5.75 Å². The number of aromatic amines is 1. The number of hydrogen-bond acceptors (Lipinski definition) is 7. The molecule has 1 fully saturated rings. The second kappa shape index (κ2) is 10.7. The van der Waals surface area contributed by atoms with E-state index < -0.39 is 46.2 Å². The van der Waals surface area contributed by atoms with Gasteiger partial charge in [-0.3, -0.25) is 9.59 Å². The van der Waals surface area contributed by atoms with Crippen LogP contribution in [-0.4, -0.2) is 37.9 Å². The number of nitrogens with zero attached hydrogens (tertiary/aromatic N) is 4. The highest BCUT2D eigenvalue weighted by Crippen LogP contribution is 2.34. The van der Waals surface area contributed by atoms with Gasteiger partial charge in [-0.25, -0.2) is 23.8 Å². The fourth-order valence-electron chi connectivity index (χ4n) is 5.11. The molecule has 210 valence electrons. The monoisotopic (exact) mass is 562 g/mol. The largest absolute Gasteiger partial charge is 0.494 e. The molecule has 0 spiro atoms. The zero-order chi connectivity index (χ0) is 28.6. The number of alkyl halides is 3. The Morgan fingerprint density at radius 1 is 1.07 bits per heavy atom. The van der Waals surface area contributed by atoms with Crippen molar-refractivity contribution < 1.29 is 26.7 Å². The Bertz CT molecular complexity index is 1670. The summed E-state index contributed by atoms with van der Waals surface area (Å²) in [6.45, 7) is 0.0780. The topological polar surface area (TPSA) is 115 Å². The maximum atomic E-state index is 15.2. The van der Waals surface area contributed by atoms with Gasteiger partial charge in [0.05, 0.1) is 42.3 Å². The number of hydrogen-bond donors (Lipinski definition) is 2. The highest BCUT2D eigenvalue weighted by atomic mass is 19.4. The zero-order valence-electron chi connectivity index (χ0n) is 21.1. The third-order valence-electron chi connectivity index (χ3n) is 6.97. The fraction of sp³-hybridized carbons (Fsp3) is 0.346. The zero-order valence-corrected chi connectivity index (χ0v) is 21.1. The van der Waals surface area contributed by atoms with Crippen molar-refractivity contribution in [1.29, 1.82) is 0 Å². The number of benzene rings is 1. The standard InChI is InChI=1S/C26H23F5N6O3/c1-40-15-8-32-23(33-9-15)18-6-16-17(7-19(18)27)25(39)37(12-20(16)28)11-13-3-2-4-14(5-13)35-21-10-34-36-24(38)22(21)26(29,30)31/h6-10,12-14H,2-5,11H2,1H3,(H2,35,36,38)/t13-,14+/m1/s1. The summed E-state index contributed by atoms with van der Waals surface area (Å²) in [4.78, 5) is 33.0. The smallest absolute Gasteiger partial charge is 0.423 e. The van der Waals surface area contributed by atoms with Crippen molar-refractivity contribution in [2.45, 2.75) is 44.4 Å². The van der Waals surface area contributed by atoms with Gasteiger partial charge in [0.1, 0.15) is 17.2 Å². The van der Waals surface area contributed by atoms with Gasteiger partial charge >= 0.3 is 6.18 Å². The first-order valence-electron chi connectivity index (χ1n) is 12.3. The van der Waals surface area contributed by atoms with Crippen molar-refractivity contribution in [3.05, 3.63) is 74.8 Å². The van der Waals surface area contributed by atoms with Crippen molar-refractivity contribution in [3.63, 3.8) is 0 Å². The minimum absolute atomic E-state index is 0.00573. The van der Waals surface area contributed by atoms with Gasteiger partial charge in [-0.05, 0) is 37.3 Å². The normalized spacial score (nSPS) is 17.6. The minimum atomic E-state index is -4.88. The van der Waals surface area contributed by atoms with Crippen LogP contribution in [0.15, 0.2) is 46.5 Å². The average Bonchev–Trinajstić information content (AvgIpc) is 2.91. The van der Waals surface area contributed by atoms with E-state index in [-0.39, 0.29) is 34.6 Å². The van der Waals surface area contributed by atoms with E-state index in [0.717, 1.165) is 23.0 Å². The van der Waals surface area contributed by atoms with Gasteiger partial charge in [0.15, 0.2) is 11.6 Å². The van der Waals surface area contributed by atoms with Gasteiger partial charge in [-0.1, -0.05) is 6.42 Å². The number of nitrogens with one attached hydrogen (secondary N) is 2. The van der Waals surface area contributed by atoms with Gasteiger partial charge in [0.2, 0.25) is 0 Å². The number of fused-ring (bicyclic) bond motifs is 1. The van der Waals surface area contributed by atoms with Crippen LogP contribution in [0, 0.1) is 17.6 Å². The van der Waals surface area contributed by atoms with Crippen molar-refractivity contribution in [1.82, 2.24) is 24.7 Å². The molecule has 3 heterocycles. The Morgan fingerprint density at radius 3 is 2.52 bits per heavy atom. The van der Waals surface area contributed by atoms with E-state index in [0.29, 0.717) is 31.4 Å². The first kappa shape index (κ1) is 27.2. The molecule has 0 bridgehead atoms. The summed E-state index contributed by atoms with van der Waals surface area (Å²) in [5.74, 6) is -1.40. The van der Waals surface area contributed by atoms with Gasteiger partial charge in [-0.2, -0.15) is 18.3 Å². The predicted molar refractivity (Wildman–Crippen MR) is 135 cm³/mol. The van der Waals surface area contributed by atoms with E-state index in [9.17, 15) is 27.2 Å². The molecular weight excluding hydrogens is 539 g/mol. The highest BCUT2D eigenvalue weighted by Gasteiger charge is 2.38. The first-order valence-corrected chi connectivity index (χ1v) is 12.3. The Kier molecular flexibility index (Phi) is 7.25. The summed E-state index contributed by atoms with van der Waals surface area (Å²) in [7, 11) is 1.42. The van der Waals surface area contributed by atoms with E-state index in [1.54, 1.807) is 5.10 Å². The molecule has 0 radical (unpaired) electrons. The number of anilines is 1. The van der Waals surface area contributed by atoms with Crippen molar-refractivity contribution in [3.8, 4) is 17.1 Å². The molecule has 0 amide bonds.